The van der Waals surface area contributed by atoms with Gasteiger partial charge in [-0.3, -0.25) is 14.9 Å². The molecule has 1 N–H and O–H groups in total. The van der Waals surface area contributed by atoms with Gasteiger partial charge in [-0.2, -0.15) is 0 Å². The molecule has 6 nitrogen and oxygen atoms in total. The molecule has 1 heterocycles. The number of hydrogen-bond donors (Lipinski definition) is 1. The average molecular weight is 359 g/mol. The molecular weight excluding hydrogens is 346 g/mol. The number of benzene rings is 2. The average Bonchev–Trinajstić information content (AvgIpc) is 2.97. The van der Waals surface area contributed by atoms with Crippen LogP contribution in [0.15, 0.2) is 40.7 Å². The van der Waals surface area contributed by atoms with Crippen molar-refractivity contribution in [2.45, 2.75) is 11.3 Å². The third-order valence-electron chi connectivity index (χ3n) is 3.47. The van der Waals surface area contributed by atoms with Crippen molar-refractivity contribution in [2.75, 3.05) is 11.6 Å². The van der Waals surface area contributed by atoms with Gasteiger partial charge >= 0.3 is 0 Å². The third kappa shape index (κ3) is 3.24. The van der Waals surface area contributed by atoms with Crippen molar-refractivity contribution in [3.05, 3.63) is 57.6 Å². The molecule has 0 spiro atoms. The summed E-state index contributed by atoms with van der Waals surface area (Å²) in [6.45, 7) is 1.64. The number of amides is 1. The van der Waals surface area contributed by atoms with E-state index in [1.54, 1.807) is 48.2 Å². The number of anilines is 1. The second-order valence-electron chi connectivity index (χ2n) is 5.08. The molecule has 0 aliphatic carbocycles. The second kappa shape index (κ2) is 6.58. The highest BCUT2D eigenvalue weighted by molar-refractivity contribution is 8.00. The molecule has 0 saturated heterocycles. The van der Waals surface area contributed by atoms with Crippen molar-refractivity contribution in [3.63, 3.8) is 0 Å². The number of hydrogen-bond acceptors (Lipinski definition) is 6. The fourth-order valence-electron chi connectivity index (χ4n) is 2.22. The third-order valence-corrected chi connectivity index (χ3v) is 5.47. The van der Waals surface area contributed by atoms with E-state index < -0.39 is 4.92 Å². The summed E-state index contributed by atoms with van der Waals surface area (Å²) < 4.78 is 1.94. The molecule has 1 aromatic heterocycles. The smallest absolute Gasteiger partial charge is 0.273 e. The first-order valence-electron chi connectivity index (χ1n) is 6.99. The normalized spacial score (nSPS) is 10.8. The van der Waals surface area contributed by atoms with Gasteiger partial charge in [0.1, 0.15) is 0 Å². The molecule has 0 fully saturated rings. The quantitative estimate of drug-likeness (QED) is 0.421. The maximum Gasteiger partial charge on any atom is 0.273 e. The minimum atomic E-state index is -0.487. The van der Waals surface area contributed by atoms with Gasteiger partial charge in [0.05, 0.1) is 15.1 Å². The summed E-state index contributed by atoms with van der Waals surface area (Å²) in [7, 11) is 0. The minimum Gasteiger partial charge on any atom is -0.322 e. The Kier molecular flexibility index (Phi) is 4.50. The van der Waals surface area contributed by atoms with Gasteiger partial charge in [-0.15, -0.1) is 11.3 Å². The fraction of sp³-hybridized carbons (Fsp3) is 0.125. The standard InChI is InChI=1S/C16H13N3O3S2/c1-9-3-4-10(7-13(9)19(21)22)15(20)17-11-5-6-12-14(8-11)24-16(18-12)23-2/h3-8H,1-2H3,(H,17,20). The SMILES string of the molecule is CSc1nc2ccc(NC(=O)c3ccc(C)c([N+](=O)[O-])c3)cc2s1. The maximum atomic E-state index is 12.3. The number of nitro groups is 1. The lowest BCUT2D eigenvalue weighted by Crippen LogP contribution is -2.12. The molecule has 0 saturated carbocycles. The lowest BCUT2D eigenvalue weighted by molar-refractivity contribution is -0.385. The molecular formula is C16H13N3O3S2. The van der Waals surface area contributed by atoms with E-state index in [0.717, 1.165) is 14.6 Å². The van der Waals surface area contributed by atoms with Crippen LogP contribution in [0, 0.1) is 17.0 Å². The summed E-state index contributed by atoms with van der Waals surface area (Å²) in [5.41, 5.74) is 2.22. The monoisotopic (exact) mass is 359 g/mol. The van der Waals surface area contributed by atoms with E-state index in [0.29, 0.717) is 11.3 Å². The molecule has 0 aliphatic rings. The number of fused-ring (bicyclic) bond motifs is 1. The van der Waals surface area contributed by atoms with Crippen LogP contribution >= 0.6 is 23.1 Å². The van der Waals surface area contributed by atoms with Crippen LogP contribution in [0.25, 0.3) is 10.2 Å². The van der Waals surface area contributed by atoms with Crippen molar-refractivity contribution >= 4 is 50.6 Å². The number of nitrogens with one attached hydrogen (secondary N) is 1. The number of carbonyl (C=O) groups excluding carboxylic acids is 1. The first-order valence-corrected chi connectivity index (χ1v) is 9.03. The Balaban J connectivity index is 1.86. The van der Waals surface area contributed by atoms with Crippen LogP contribution in [-0.2, 0) is 0 Å². The fourth-order valence-corrected chi connectivity index (χ4v) is 3.75. The summed E-state index contributed by atoms with van der Waals surface area (Å²) in [5, 5.41) is 13.8. The van der Waals surface area contributed by atoms with Crippen molar-refractivity contribution in [3.8, 4) is 0 Å². The number of thioether (sulfide) groups is 1. The van der Waals surface area contributed by atoms with Gasteiger partial charge in [-0.25, -0.2) is 4.98 Å². The lowest BCUT2D eigenvalue weighted by Gasteiger charge is -2.06. The number of nitro benzene ring substituents is 1. The van der Waals surface area contributed by atoms with E-state index >= 15 is 0 Å². The molecule has 122 valence electrons. The first-order chi connectivity index (χ1) is 11.5. The van der Waals surface area contributed by atoms with Gasteiger partial charge in [0, 0.05) is 22.9 Å². The summed E-state index contributed by atoms with van der Waals surface area (Å²) in [6, 6.07) is 9.92. The summed E-state index contributed by atoms with van der Waals surface area (Å²) >= 11 is 3.13. The van der Waals surface area contributed by atoms with Gasteiger partial charge in [-0.05, 0) is 37.4 Å². The molecule has 0 atom stereocenters. The Bertz CT molecular complexity index is 953. The van der Waals surface area contributed by atoms with Gasteiger partial charge in [0.15, 0.2) is 4.34 Å². The van der Waals surface area contributed by atoms with Crippen LogP contribution in [0.5, 0.6) is 0 Å². The summed E-state index contributed by atoms with van der Waals surface area (Å²) in [6.07, 6.45) is 1.96. The van der Waals surface area contributed by atoms with E-state index in [9.17, 15) is 14.9 Å². The van der Waals surface area contributed by atoms with E-state index in [1.807, 2.05) is 18.4 Å². The second-order valence-corrected chi connectivity index (χ2v) is 7.16. The lowest BCUT2D eigenvalue weighted by atomic mass is 10.1. The van der Waals surface area contributed by atoms with Crippen LogP contribution in [-0.4, -0.2) is 22.1 Å². The van der Waals surface area contributed by atoms with Crippen LogP contribution < -0.4 is 5.32 Å². The molecule has 2 aromatic carbocycles. The van der Waals surface area contributed by atoms with E-state index in [2.05, 4.69) is 10.3 Å². The molecule has 24 heavy (non-hydrogen) atoms. The Morgan fingerprint density at radius 2 is 2.08 bits per heavy atom. The molecule has 0 aliphatic heterocycles. The molecule has 0 bridgehead atoms. The van der Waals surface area contributed by atoms with Gasteiger partial charge in [0.2, 0.25) is 0 Å². The number of thiazole rings is 1. The zero-order valence-corrected chi connectivity index (χ0v) is 14.5. The Hall–Kier alpha value is -2.45. The predicted molar refractivity (Wildman–Crippen MR) is 97.2 cm³/mol. The zero-order chi connectivity index (χ0) is 17.3. The van der Waals surface area contributed by atoms with Crippen LogP contribution in [0.3, 0.4) is 0 Å². The maximum absolute atomic E-state index is 12.3. The van der Waals surface area contributed by atoms with Crippen molar-refractivity contribution < 1.29 is 9.72 Å². The molecule has 0 unspecified atom stereocenters. The molecule has 1 amide bonds. The van der Waals surface area contributed by atoms with Gasteiger partial charge < -0.3 is 5.32 Å². The zero-order valence-electron chi connectivity index (χ0n) is 12.9. The highest BCUT2D eigenvalue weighted by Gasteiger charge is 2.15. The van der Waals surface area contributed by atoms with E-state index in [-0.39, 0.29) is 17.2 Å². The van der Waals surface area contributed by atoms with Gasteiger partial charge in [-0.1, -0.05) is 17.8 Å². The van der Waals surface area contributed by atoms with E-state index in [1.165, 1.54) is 6.07 Å². The number of aromatic nitrogens is 1. The summed E-state index contributed by atoms with van der Waals surface area (Å²) in [4.78, 5) is 27.3. The highest BCUT2D eigenvalue weighted by Crippen LogP contribution is 2.30. The van der Waals surface area contributed by atoms with Crippen molar-refractivity contribution in [1.82, 2.24) is 4.98 Å². The summed E-state index contributed by atoms with van der Waals surface area (Å²) in [5.74, 6) is -0.382. The number of carbonyl (C=O) groups is 1. The Morgan fingerprint density at radius 3 is 2.79 bits per heavy atom. The Labute approximate surface area is 146 Å². The molecule has 0 radical (unpaired) electrons. The van der Waals surface area contributed by atoms with Crippen LogP contribution in [0.4, 0.5) is 11.4 Å². The van der Waals surface area contributed by atoms with E-state index in [4.69, 9.17) is 0 Å². The van der Waals surface area contributed by atoms with Crippen molar-refractivity contribution in [1.29, 1.82) is 0 Å². The predicted octanol–water partition coefficient (Wildman–Crippen LogP) is 4.49. The number of rotatable bonds is 4. The Morgan fingerprint density at radius 1 is 1.29 bits per heavy atom. The first kappa shape index (κ1) is 16.4. The van der Waals surface area contributed by atoms with Crippen LogP contribution in [0.1, 0.15) is 15.9 Å². The van der Waals surface area contributed by atoms with Crippen molar-refractivity contribution in [2.24, 2.45) is 0 Å². The number of nitrogens with zero attached hydrogens (tertiary/aromatic N) is 2. The van der Waals surface area contributed by atoms with Gasteiger partial charge in [0.25, 0.3) is 11.6 Å². The topological polar surface area (TPSA) is 85.1 Å². The largest absolute Gasteiger partial charge is 0.322 e. The highest BCUT2D eigenvalue weighted by atomic mass is 32.2. The molecule has 8 heteroatoms. The minimum absolute atomic E-state index is 0.0647. The molecule has 3 aromatic rings. The van der Waals surface area contributed by atoms with Crippen LogP contribution in [0.2, 0.25) is 0 Å². The molecule has 3 rings (SSSR count). The number of aryl methyl sites for hydroxylation is 1.